The zero-order valence-electron chi connectivity index (χ0n) is 32.0. The molecule has 4 rings (SSSR count). The van der Waals surface area contributed by atoms with Crippen LogP contribution < -0.4 is 21.4 Å². The minimum atomic E-state index is -1.20. The summed E-state index contributed by atoms with van der Waals surface area (Å²) in [6.45, 7) is 7.42. The highest BCUT2D eigenvalue weighted by molar-refractivity contribution is 5.93. The number of benzene rings is 2. The average Bonchev–Trinajstić information content (AvgIpc) is 3.15. The monoisotopic (exact) mass is 780 g/mol. The zero-order chi connectivity index (χ0) is 40.9. The van der Waals surface area contributed by atoms with Crippen molar-refractivity contribution in [3.8, 4) is 0 Å². The average molecular weight is 781 g/mol. The highest BCUT2D eigenvalue weighted by atomic mass is 16.4. The number of carboxylic acids is 3. The van der Waals surface area contributed by atoms with Gasteiger partial charge in [0.15, 0.2) is 5.43 Å². The van der Waals surface area contributed by atoms with Crippen molar-refractivity contribution in [1.82, 2.24) is 40.1 Å². The number of pyridine rings is 1. The molecule has 0 aliphatic carbocycles. The van der Waals surface area contributed by atoms with E-state index in [1.165, 1.54) is 20.8 Å². The van der Waals surface area contributed by atoms with Crippen molar-refractivity contribution in [1.29, 1.82) is 0 Å². The largest absolute Gasteiger partial charge is 0.480 e. The molecule has 2 heterocycles. The second-order valence-corrected chi connectivity index (χ2v) is 14.1. The van der Waals surface area contributed by atoms with Gasteiger partial charge in [-0.3, -0.25) is 53.2 Å². The first-order valence-electron chi connectivity index (χ1n) is 18.6. The minimum Gasteiger partial charge on any atom is -0.480 e. The van der Waals surface area contributed by atoms with E-state index < -0.39 is 53.8 Å². The summed E-state index contributed by atoms with van der Waals surface area (Å²) >= 11 is 0. The highest BCUT2D eigenvalue weighted by Crippen LogP contribution is 2.19. The van der Waals surface area contributed by atoms with Crippen LogP contribution in [0.25, 0.3) is 21.8 Å². The van der Waals surface area contributed by atoms with Crippen LogP contribution in [-0.4, -0.2) is 172 Å². The molecule has 3 atom stereocenters. The van der Waals surface area contributed by atoms with E-state index in [0.717, 1.165) is 11.0 Å². The van der Waals surface area contributed by atoms with Crippen LogP contribution in [0.5, 0.6) is 0 Å². The van der Waals surface area contributed by atoms with Gasteiger partial charge in [0, 0.05) is 76.2 Å². The summed E-state index contributed by atoms with van der Waals surface area (Å²) < 4.78 is 2.10. The molecule has 1 aromatic heterocycles. The van der Waals surface area contributed by atoms with E-state index in [1.54, 1.807) is 17.0 Å². The maximum Gasteiger partial charge on any atom is 0.325 e. The second-order valence-electron chi connectivity index (χ2n) is 14.1. The number of aliphatic carboxylic acids is 3. The predicted octanol–water partition coefficient (Wildman–Crippen LogP) is -0.856. The van der Waals surface area contributed by atoms with Gasteiger partial charge in [0.05, 0.1) is 30.7 Å². The summed E-state index contributed by atoms with van der Waals surface area (Å²) in [7, 11) is 0. The lowest BCUT2D eigenvalue weighted by Crippen LogP contribution is -2.52. The van der Waals surface area contributed by atoms with E-state index in [2.05, 4.69) is 25.4 Å². The Balaban J connectivity index is 1.62. The molecule has 0 saturated carbocycles. The van der Waals surface area contributed by atoms with Crippen LogP contribution in [-0.2, 0) is 35.3 Å². The van der Waals surface area contributed by atoms with Gasteiger partial charge in [0.1, 0.15) is 18.1 Å². The molecular weight excluding hydrogens is 728 g/mol. The summed E-state index contributed by atoms with van der Waals surface area (Å²) in [5.74, 6) is -5.05. The molecule has 18 heteroatoms. The van der Waals surface area contributed by atoms with Gasteiger partial charge in [-0.2, -0.15) is 0 Å². The van der Waals surface area contributed by atoms with Crippen LogP contribution in [0.15, 0.2) is 53.3 Å². The molecule has 1 fully saturated rings. The fraction of sp³-hybridized carbons (Fsp3) is 0.500. The van der Waals surface area contributed by atoms with Crippen LogP contribution in [0, 0.1) is 0 Å². The fourth-order valence-corrected chi connectivity index (χ4v) is 6.49. The van der Waals surface area contributed by atoms with Crippen molar-refractivity contribution in [3.05, 3.63) is 58.8 Å². The standard InChI is InChI=1S/C38H52N8O10/c1-25(36(51)52)39-32(47)22-43-14-12-42(20-21-46-30-10-6-4-8-28(30)35(50)29-9-5-7-11-31(29)46)13-15-44(23-33(48)40-26(2)37(53)54)17-19-45(18-16-43)24-34(49)41-27(3)38(55)56/h4-11,25-27H,12-24H2,1-3H3,(H,39,47)(H,40,48)(H,41,49)(H,51,52)(H,53,54)(H,55,56)/t25-,26-,27-/m0/s1. The van der Waals surface area contributed by atoms with Gasteiger partial charge >= 0.3 is 17.9 Å². The Morgan fingerprint density at radius 3 is 1.14 bits per heavy atom. The number of nitrogens with one attached hydrogen (secondary N) is 3. The molecule has 0 bridgehead atoms. The fourth-order valence-electron chi connectivity index (χ4n) is 6.49. The quantitative estimate of drug-likeness (QED) is 0.103. The number of aromatic nitrogens is 1. The summed E-state index contributed by atoms with van der Waals surface area (Å²) in [5.41, 5.74) is 1.51. The van der Waals surface area contributed by atoms with Crippen molar-refractivity contribution < 1.29 is 44.1 Å². The number of hydrogen-bond acceptors (Lipinski definition) is 11. The number of nitrogens with zero attached hydrogens (tertiary/aromatic N) is 5. The Labute approximate surface area is 324 Å². The number of carbonyl (C=O) groups excluding carboxylic acids is 3. The van der Waals surface area contributed by atoms with Gasteiger partial charge < -0.3 is 35.8 Å². The van der Waals surface area contributed by atoms with Crippen LogP contribution in [0.2, 0.25) is 0 Å². The van der Waals surface area contributed by atoms with Crippen molar-refractivity contribution in [3.63, 3.8) is 0 Å². The first-order chi connectivity index (χ1) is 26.6. The number of rotatable bonds is 15. The molecule has 3 amide bonds. The number of carbonyl (C=O) groups is 6. The topological polar surface area (TPSA) is 234 Å². The molecular formula is C38H52N8O10. The first kappa shape index (κ1) is 43.3. The first-order valence-corrected chi connectivity index (χ1v) is 18.6. The smallest absolute Gasteiger partial charge is 0.325 e. The van der Waals surface area contributed by atoms with Crippen molar-refractivity contribution >= 4 is 57.4 Å². The molecule has 2 aromatic carbocycles. The Morgan fingerprint density at radius 2 is 0.821 bits per heavy atom. The van der Waals surface area contributed by atoms with Crippen LogP contribution >= 0.6 is 0 Å². The molecule has 0 spiro atoms. The molecule has 56 heavy (non-hydrogen) atoms. The number of carboxylic acid groups (broad SMARTS) is 3. The zero-order valence-corrected chi connectivity index (χ0v) is 32.0. The van der Waals surface area contributed by atoms with Crippen molar-refractivity contribution in [2.24, 2.45) is 0 Å². The molecule has 6 N–H and O–H groups in total. The maximum atomic E-state index is 13.4. The Hall–Kier alpha value is -5.43. The number of hydrogen-bond donors (Lipinski definition) is 6. The summed E-state index contributed by atoms with van der Waals surface area (Å²) in [6, 6.07) is 11.5. The third-order valence-electron chi connectivity index (χ3n) is 9.79. The number of fused-ring (bicyclic) bond motifs is 2. The van der Waals surface area contributed by atoms with Gasteiger partial charge in [-0.05, 0) is 45.0 Å². The van der Waals surface area contributed by atoms with E-state index in [0.29, 0.717) is 50.0 Å². The third kappa shape index (κ3) is 12.6. The Morgan fingerprint density at radius 1 is 0.518 bits per heavy atom. The third-order valence-corrected chi connectivity index (χ3v) is 9.79. The van der Waals surface area contributed by atoms with Gasteiger partial charge in [0.25, 0.3) is 0 Å². The van der Waals surface area contributed by atoms with E-state index in [9.17, 15) is 48.9 Å². The molecule has 0 radical (unpaired) electrons. The van der Waals surface area contributed by atoms with E-state index in [1.807, 2.05) is 46.2 Å². The van der Waals surface area contributed by atoms with Crippen molar-refractivity contribution in [2.45, 2.75) is 45.4 Å². The molecule has 3 aromatic rings. The molecule has 1 saturated heterocycles. The second kappa shape index (κ2) is 20.5. The van der Waals surface area contributed by atoms with E-state index in [-0.39, 0.29) is 51.2 Å². The lowest BCUT2D eigenvalue weighted by molar-refractivity contribution is -0.141. The summed E-state index contributed by atoms with van der Waals surface area (Å²) in [5, 5.41) is 36.6. The summed E-state index contributed by atoms with van der Waals surface area (Å²) in [6.07, 6.45) is 0. The number of amides is 3. The highest BCUT2D eigenvalue weighted by Gasteiger charge is 2.24. The van der Waals surface area contributed by atoms with Gasteiger partial charge in [-0.1, -0.05) is 24.3 Å². The maximum absolute atomic E-state index is 13.4. The summed E-state index contributed by atoms with van der Waals surface area (Å²) in [4.78, 5) is 94.2. The lowest BCUT2D eigenvalue weighted by Gasteiger charge is -2.34. The Bertz CT molecular complexity index is 1840. The lowest BCUT2D eigenvalue weighted by atomic mass is 10.1. The molecule has 1 aliphatic heterocycles. The van der Waals surface area contributed by atoms with Crippen molar-refractivity contribution in [2.75, 3.05) is 78.5 Å². The molecule has 304 valence electrons. The minimum absolute atomic E-state index is 0.0565. The van der Waals surface area contributed by atoms with Crippen LogP contribution in [0.4, 0.5) is 0 Å². The van der Waals surface area contributed by atoms with E-state index in [4.69, 9.17) is 0 Å². The number of para-hydroxylation sites is 2. The van der Waals surface area contributed by atoms with Gasteiger partial charge in [-0.25, -0.2) is 0 Å². The normalized spacial score (nSPS) is 17.2. The van der Waals surface area contributed by atoms with Crippen LogP contribution in [0.1, 0.15) is 20.8 Å². The predicted molar refractivity (Wildman–Crippen MR) is 207 cm³/mol. The van der Waals surface area contributed by atoms with Gasteiger partial charge in [0.2, 0.25) is 17.7 Å². The van der Waals surface area contributed by atoms with Gasteiger partial charge in [-0.15, -0.1) is 0 Å². The SMILES string of the molecule is C[C@H](NC(=O)CN1CCN(CCn2c3ccccc3c(=O)c3ccccc32)CCN(CC(=O)N[C@@H](C)C(=O)O)CCN(CC(=O)N[C@@H](C)C(=O)O)CC1)C(=O)O. The molecule has 0 unspecified atom stereocenters. The van der Waals surface area contributed by atoms with Crippen LogP contribution in [0.3, 0.4) is 0 Å². The Kier molecular flexibility index (Phi) is 15.8. The van der Waals surface area contributed by atoms with E-state index >= 15 is 0 Å². The molecule has 1 aliphatic rings. The molecule has 18 nitrogen and oxygen atoms in total.